The van der Waals surface area contributed by atoms with Crippen LogP contribution in [0, 0.1) is 5.92 Å². The number of hydrogen-bond acceptors (Lipinski definition) is 5. The first-order valence-electron chi connectivity index (χ1n) is 5.79. The molecule has 0 spiro atoms. The van der Waals surface area contributed by atoms with Gasteiger partial charge in [0.1, 0.15) is 11.4 Å². The van der Waals surface area contributed by atoms with Crippen LogP contribution in [0.3, 0.4) is 0 Å². The Kier molecular flexibility index (Phi) is 3.50. The molecular weight excluding hydrogens is 236 g/mol. The third-order valence-corrected chi connectivity index (χ3v) is 3.22. The highest BCUT2D eigenvalue weighted by atomic mass is 16.5. The summed E-state index contributed by atoms with van der Waals surface area (Å²) in [6.45, 7) is 1.06. The van der Waals surface area contributed by atoms with Crippen molar-refractivity contribution in [3.05, 3.63) is 11.8 Å². The van der Waals surface area contributed by atoms with Gasteiger partial charge in [-0.15, -0.1) is 0 Å². The fraction of sp³-hybridized carbons (Fsp3) is 0.545. The second-order valence-corrected chi connectivity index (χ2v) is 4.29. The average Bonchev–Trinajstić information content (AvgIpc) is 2.83. The number of nitrogens with zero attached hydrogens (tertiary/aromatic N) is 2. The van der Waals surface area contributed by atoms with Crippen LogP contribution in [0.2, 0.25) is 0 Å². The number of amides is 1. The number of carbonyl (C=O) groups is 2. The molecule has 0 unspecified atom stereocenters. The van der Waals surface area contributed by atoms with Gasteiger partial charge in [-0.3, -0.25) is 14.7 Å². The van der Waals surface area contributed by atoms with Gasteiger partial charge in [0.15, 0.2) is 0 Å². The van der Waals surface area contributed by atoms with Crippen LogP contribution in [-0.4, -0.2) is 47.2 Å². The number of hydrogen-bond donors (Lipinski definition) is 2. The summed E-state index contributed by atoms with van der Waals surface area (Å²) in [5.74, 6) is -0.190. The van der Waals surface area contributed by atoms with Gasteiger partial charge >= 0.3 is 5.97 Å². The van der Waals surface area contributed by atoms with E-state index in [4.69, 9.17) is 10.5 Å². The lowest BCUT2D eigenvalue weighted by atomic mass is 9.96. The molecule has 1 saturated heterocycles. The number of rotatable bonds is 2. The molecule has 1 aliphatic rings. The molecule has 2 rings (SSSR count). The molecular formula is C11H16N4O3. The second kappa shape index (κ2) is 5.07. The molecule has 1 fully saturated rings. The van der Waals surface area contributed by atoms with Crippen molar-refractivity contribution in [2.75, 3.05) is 25.9 Å². The van der Waals surface area contributed by atoms with E-state index in [9.17, 15) is 9.59 Å². The first-order valence-corrected chi connectivity index (χ1v) is 5.79. The number of piperidine rings is 1. The number of likely N-dealkylation sites (tertiary alicyclic amines) is 1. The van der Waals surface area contributed by atoms with E-state index in [-0.39, 0.29) is 23.6 Å². The summed E-state index contributed by atoms with van der Waals surface area (Å²) < 4.78 is 4.70. The summed E-state index contributed by atoms with van der Waals surface area (Å²) in [5.41, 5.74) is 5.99. The van der Waals surface area contributed by atoms with Gasteiger partial charge in [-0.2, -0.15) is 5.10 Å². The van der Waals surface area contributed by atoms with Crippen molar-refractivity contribution in [3.8, 4) is 0 Å². The lowest BCUT2D eigenvalue weighted by Gasteiger charge is -2.30. The second-order valence-electron chi connectivity index (χ2n) is 4.29. The van der Waals surface area contributed by atoms with Gasteiger partial charge in [0.05, 0.1) is 19.2 Å². The molecule has 2 heterocycles. The van der Waals surface area contributed by atoms with Crippen LogP contribution in [0.5, 0.6) is 0 Å². The number of methoxy groups -OCH3 is 1. The van der Waals surface area contributed by atoms with E-state index < -0.39 is 0 Å². The molecule has 0 aromatic carbocycles. The molecule has 0 radical (unpaired) electrons. The lowest BCUT2D eigenvalue weighted by Crippen LogP contribution is -2.40. The molecule has 1 amide bonds. The van der Waals surface area contributed by atoms with Crippen molar-refractivity contribution in [1.82, 2.24) is 15.1 Å². The molecule has 98 valence electrons. The largest absolute Gasteiger partial charge is 0.469 e. The van der Waals surface area contributed by atoms with Crippen molar-refractivity contribution >= 4 is 17.7 Å². The zero-order valence-corrected chi connectivity index (χ0v) is 10.2. The summed E-state index contributed by atoms with van der Waals surface area (Å²) in [5, 5.41) is 6.25. The number of H-pyrrole nitrogens is 1. The first kappa shape index (κ1) is 12.4. The van der Waals surface area contributed by atoms with Crippen molar-refractivity contribution in [2.45, 2.75) is 12.8 Å². The minimum Gasteiger partial charge on any atom is -0.469 e. The normalized spacial score (nSPS) is 16.6. The third-order valence-electron chi connectivity index (χ3n) is 3.22. The molecule has 0 saturated carbocycles. The number of anilines is 1. The maximum atomic E-state index is 12.1. The fourth-order valence-corrected chi connectivity index (χ4v) is 2.12. The zero-order valence-electron chi connectivity index (χ0n) is 10.2. The van der Waals surface area contributed by atoms with Crippen molar-refractivity contribution in [3.63, 3.8) is 0 Å². The van der Waals surface area contributed by atoms with Crippen LogP contribution in [0.1, 0.15) is 23.2 Å². The van der Waals surface area contributed by atoms with E-state index in [0.717, 1.165) is 0 Å². The van der Waals surface area contributed by atoms with Crippen molar-refractivity contribution in [2.24, 2.45) is 5.92 Å². The highest BCUT2D eigenvalue weighted by Gasteiger charge is 2.29. The molecule has 0 aliphatic carbocycles. The molecule has 1 aromatic rings. The first-order chi connectivity index (χ1) is 8.63. The van der Waals surface area contributed by atoms with Crippen molar-refractivity contribution < 1.29 is 14.3 Å². The Hall–Kier alpha value is -2.05. The number of ether oxygens (including phenoxy) is 1. The lowest BCUT2D eigenvalue weighted by molar-refractivity contribution is -0.146. The van der Waals surface area contributed by atoms with Crippen LogP contribution < -0.4 is 5.73 Å². The number of esters is 1. The molecule has 18 heavy (non-hydrogen) atoms. The van der Waals surface area contributed by atoms with Gasteiger partial charge in [0, 0.05) is 13.1 Å². The van der Waals surface area contributed by atoms with E-state index in [1.165, 1.54) is 13.3 Å². The fourth-order valence-electron chi connectivity index (χ4n) is 2.12. The van der Waals surface area contributed by atoms with Crippen LogP contribution >= 0.6 is 0 Å². The predicted molar refractivity (Wildman–Crippen MR) is 63.6 cm³/mol. The predicted octanol–water partition coefficient (Wildman–Crippen LogP) is 0.0171. The average molecular weight is 252 g/mol. The van der Waals surface area contributed by atoms with Gasteiger partial charge < -0.3 is 15.4 Å². The summed E-state index contributed by atoms with van der Waals surface area (Å²) in [4.78, 5) is 25.1. The van der Waals surface area contributed by atoms with E-state index in [0.29, 0.717) is 31.5 Å². The number of aromatic amines is 1. The third kappa shape index (κ3) is 2.29. The topological polar surface area (TPSA) is 101 Å². The SMILES string of the molecule is COC(=O)C1CCN(C(=O)c2cn[nH]c2N)CC1. The van der Waals surface area contributed by atoms with E-state index in [1.807, 2.05) is 0 Å². The Bertz CT molecular complexity index is 449. The van der Waals surface area contributed by atoms with Crippen LogP contribution in [-0.2, 0) is 9.53 Å². The van der Waals surface area contributed by atoms with Gasteiger partial charge in [-0.25, -0.2) is 0 Å². The number of nitrogens with two attached hydrogens (primary N) is 1. The summed E-state index contributed by atoms with van der Waals surface area (Å²) in [7, 11) is 1.38. The summed E-state index contributed by atoms with van der Waals surface area (Å²) >= 11 is 0. The quantitative estimate of drug-likeness (QED) is 0.722. The zero-order chi connectivity index (χ0) is 13.1. The highest BCUT2D eigenvalue weighted by Crippen LogP contribution is 2.21. The number of nitrogen functional groups attached to an aromatic ring is 1. The Morgan fingerprint density at radius 3 is 2.67 bits per heavy atom. The van der Waals surface area contributed by atoms with Gasteiger partial charge in [0.2, 0.25) is 0 Å². The molecule has 1 aliphatic heterocycles. The van der Waals surface area contributed by atoms with Gasteiger partial charge in [0.25, 0.3) is 5.91 Å². The van der Waals surface area contributed by atoms with E-state index in [2.05, 4.69) is 10.2 Å². The summed E-state index contributed by atoms with van der Waals surface area (Å²) in [6.07, 6.45) is 2.66. The molecule has 7 nitrogen and oxygen atoms in total. The minimum atomic E-state index is -0.204. The van der Waals surface area contributed by atoms with Crippen LogP contribution in [0.15, 0.2) is 6.20 Å². The molecule has 1 aromatic heterocycles. The maximum Gasteiger partial charge on any atom is 0.308 e. The van der Waals surface area contributed by atoms with Gasteiger partial charge in [-0.05, 0) is 12.8 Å². The van der Waals surface area contributed by atoms with Crippen LogP contribution in [0.25, 0.3) is 0 Å². The molecule has 7 heteroatoms. The smallest absolute Gasteiger partial charge is 0.308 e. The molecule has 0 atom stereocenters. The van der Waals surface area contributed by atoms with Gasteiger partial charge in [-0.1, -0.05) is 0 Å². The highest BCUT2D eigenvalue weighted by molar-refractivity contribution is 5.98. The Morgan fingerprint density at radius 1 is 1.50 bits per heavy atom. The van der Waals surface area contributed by atoms with E-state index >= 15 is 0 Å². The monoisotopic (exact) mass is 252 g/mol. The van der Waals surface area contributed by atoms with E-state index in [1.54, 1.807) is 4.90 Å². The Balaban J connectivity index is 1.96. The number of nitrogens with one attached hydrogen (secondary N) is 1. The molecule has 0 bridgehead atoms. The van der Waals surface area contributed by atoms with Crippen LogP contribution in [0.4, 0.5) is 5.82 Å². The number of carbonyl (C=O) groups excluding carboxylic acids is 2. The minimum absolute atomic E-state index is 0.110. The van der Waals surface area contributed by atoms with Crippen molar-refractivity contribution in [1.29, 1.82) is 0 Å². The molecule has 3 N–H and O–H groups in total. The number of aromatic nitrogens is 2. The Labute approximate surface area is 104 Å². The maximum absolute atomic E-state index is 12.1. The standard InChI is InChI=1S/C11H16N4O3/c1-18-11(17)7-2-4-15(5-3-7)10(16)8-6-13-14-9(8)12/h6-7H,2-5H2,1H3,(H3,12,13,14). The summed E-state index contributed by atoms with van der Waals surface area (Å²) in [6, 6.07) is 0. The Morgan fingerprint density at radius 2 is 2.17 bits per heavy atom.